The highest BCUT2D eigenvalue weighted by atomic mass is 16.2. The maximum Gasteiger partial charge on any atom is 0.243 e. The number of rotatable bonds is 5. The third kappa shape index (κ3) is 3.59. The molecule has 1 heterocycles. The predicted molar refractivity (Wildman–Crippen MR) is 86.9 cm³/mol. The summed E-state index contributed by atoms with van der Waals surface area (Å²) in [6.45, 7) is 2.26. The molecule has 3 rings (SSSR count). The van der Waals surface area contributed by atoms with Gasteiger partial charge in [0.15, 0.2) is 0 Å². The van der Waals surface area contributed by atoms with E-state index in [4.69, 9.17) is 0 Å². The van der Waals surface area contributed by atoms with Crippen molar-refractivity contribution in [3.63, 3.8) is 0 Å². The van der Waals surface area contributed by atoms with Gasteiger partial charge in [-0.25, -0.2) is 0 Å². The normalized spacial score (nSPS) is 17.9. The molecule has 0 atom stereocenters. The summed E-state index contributed by atoms with van der Waals surface area (Å²) in [6.07, 6.45) is 5.52. The van der Waals surface area contributed by atoms with Crippen molar-refractivity contribution >= 4 is 23.2 Å². The first kappa shape index (κ1) is 14.9. The summed E-state index contributed by atoms with van der Waals surface area (Å²) >= 11 is 0. The molecule has 2 N–H and O–H groups in total. The summed E-state index contributed by atoms with van der Waals surface area (Å²) in [6, 6.07) is 7.90. The van der Waals surface area contributed by atoms with Gasteiger partial charge >= 0.3 is 0 Å². The Balaban J connectivity index is 1.45. The molecule has 0 spiro atoms. The molecule has 1 aromatic rings. The first-order valence-corrected chi connectivity index (χ1v) is 8.15. The Morgan fingerprint density at radius 2 is 1.73 bits per heavy atom. The number of carbonyl (C=O) groups is 2. The van der Waals surface area contributed by atoms with Gasteiger partial charge in [-0.3, -0.25) is 9.59 Å². The van der Waals surface area contributed by atoms with Gasteiger partial charge in [-0.1, -0.05) is 6.42 Å². The number of carbonyl (C=O) groups excluding carboxylic acids is 2. The van der Waals surface area contributed by atoms with Crippen LogP contribution < -0.4 is 15.5 Å². The number of anilines is 2. The third-order valence-corrected chi connectivity index (χ3v) is 4.52. The zero-order valence-corrected chi connectivity index (χ0v) is 12.8. The number of benzene rings is 1. The lowest BCUT2D eigenvalue weighted by Gasteiger charge is -2.23. The molecular formula is C17H23N3O2. The molecular weight excluding hydrogens is 278 g/mol. The fraction of sp³-hybridized carbons (Fsp3) is 0.529. The van der Waals surface area contributed by atoms with Gasteiger partial charge in [0.2, 0.25) is 11.8 Å². The van der Waals surface area contributed by atoms with E-state index in [0.29, 0.717) is 0 Å². The van der Waals surface area contributed by atoms with Crippen LogP contribution in [0.3, 0.4) is 0 Å². The molecule has 2 aliphatic rings. The second-order valence-corrected chi connectivity index (χ2v) is 6.13. The number of nitrogens with one attached hydrogen (secondary N) is 2. The van der Waals surface area contributed by atoms with Crippen LogP contribution in [0.1, 0.15) is 32.1 Å². The lowest BCUT2D eigenvalue weighted by Crippen LogP contribution is -2.39. The molecule has 0 bridgehead atoms. The van der Waals surface area contributed by atoms with E-state index in [2.05, 4.69) is 15.5 Å². The van der Waals surface area contributed by atoms with Crippen LogP contribution in [0.25, 0.3) is 0 Å². The molecule has 5 nitrogen and oxygen atoms in total. The maximum absolute atomic E-state index is 11.9. The zero-order valence-electron chi connectivity index (χ0n) is 12.8. The summed E-state index contributed by atoms with van der Waals surface area (Å²) in [5.41, 5.74) is 1.97. The van der Waals surface area contributed by atoms with Crippen molar-refractivity contribution in [3.8, 4) is 0 Å². The Kier molecular flexibility index (Phi) is 4.61. The van der Waals surface area contributed by atoms with Crippen molar-refractivity contribution in [1.82, 2.24) is 5.32 Å². The van der Waals surface area contributed by atoms with E-state index in [1.165, 1.54) is 18.5 Å². The SMILES string of the molecule is O=C(CNC(=O)C1CCC1)Nc1ccc(N2CCCC2)cc1. The molecule has 0 radical (unpaired) electrons. The van der Waals surface area contributed by atoms with Crippen LogP contribution >= 0.6 is 0 Å². The Hall–Kier alpha value is -2.04. The minimum Gasteiger partial charge on any atom is -0.372 e. The first-order valence-electron chi connectivity index (χ1n) is 8.15. The molecule has 0 aromatic heterocycles. The highest BCUT2D eigenvalue weighted by Crippen LogP contribution is 2.26. The topological polar surface area (TPSA) is 61.4 Å². The van der Waals surface area contributed by atoms with E-state index in [-0.39, 0.29) is 24.3 Å². The smallest absolute Gasteiger partial charge is 0.243 e. The average Bonchev–Trinajstić information content (AvgIpc) is 2.98. The summed E-state index contributed by atoms with van der Waals surface area (Å²) in [5.74, 6) is -0.0556. The van der Waals surface area contributed by atoms with Crippen molar-refractivity contribution in [2.24, 2.45) is 5.92 Å². The van der Waals surface area contributed by atoms with Crippen molar-refractivity contribution in [2.75, 3.05) is 29.9 Å². The quantitative estimate of drug-likeness (QED) is 0.876. The molecule has 1 saturated heterocycles. The van der Waals surface area contributed by atoms with Gasteiger partial charge < -0.3 is 15.5 Å². The molecule has 118 valence electrons. The fourth-order valence-corrected chi connectivity index (χ4v) is 2.92. The van der Waals surface area contributed by atoms with Crippen LogP contribution in [0.2, 0.25) is 0 Å². The van der Waals surface area contributed by atoms with E-state index in [9.17, 15) is 9.59 Å². The van der Waals surface area contributed by atoms with Crippen LogP contribution in [0.4, 0.5) is 11.4 Å². The van der Waals surface area contributed by atoms with Crippen LogP contribution in [-0.4, -0.2) is 31.4 Å². The van der Waals surface area contributed by atoms with Gasteiger partial charge in [-0.2, -0.15) is 0 Å². The lowest BCUT2D eigenvalue weighted by atomic mass is 9.85. The molecule has 1 aliphatic carbocycles. The Morgan fingerprint density at radius 3 is 2.32 bits per heavy atom. The highest BCUT2D eigenvalue weighted by molar-refractivity contribution is 5.95. The van der Waals surface area contributed by atoms with Gasteiger partial charge in [-0.15, -0.1) is 0 Å². The van der Waals surface area contributed by atoms with Gasteiger partial charge in [-0.05, 0) is 49.9 Å². The van der Waals surface area contributed by atoms with Gasteiger partial charge in [0.1, 0.15) is 0 Å². The minimum absolute atomic E-state index is 0.00535. The van der Waals surface area contributed by atoms with Crippen LogP contribution in [-0.2, 0) is 9.59 Å². The van der Waals surface area contributed by atoms with Crippen LogP contribution in [0, 0.1) is 5.92 Å². The zero-order chi connectivity index (χ0) is 15.4. The van der Waals surface area contributed by atoms with E-state index in [0.717, 1.165) is 38.0 Å². The van der Waals surface area contributed by atoms with Gasteiger partial charge in [0.25, 0.3) is 0 Å². The second kappa shape index (κ2) is 6.81. The molecule has 22 heavy (non-hydrogen) atoms. The molecule has 1 saturated carbocycles. The molecule has 2 fully saturated rings. The number of hydrogen-bond acceptors (Lipinski definition) is 3. The van der Waals surface area contributed by atoms with Crippen LogP contribution in [0.15, 0.2) is 24.3 Å². The largest absolute Gasteiger partial charge is 0.372 e. The minimum atomic E-state index is -0.179. The molecule has 2 amide bonds. The second-order valence-electron chi connectivity index (χ2n) is 6.13. The Bertz CT molecular complexity index is 531. The van der Waals surface area contributed by atoms with E-state index in [1.54, 1.807) is 0 Å². The fourth-order valence-electron chi connectivity index (χ4n) is 2.92. The monoisotopic (exact) mass is 301 g/mol. The van der Waals surface area contributed by atoms with Crippen molar-refractivity contribution in [1.29, 1.82) is 0 Å². The summed E-state index contributed by atoms with van der Waals surface area (Å²) in [7, 11) is 0. The Morgan fingerprint density at radius 1 is 1.05 bits per heavy atom. The van der Waals surface area contributed by atoms with Gasteiger partial charge in [0.05, 0.1) is 6.54 Å². The van der Waals surface area contributed by atoms with Crippen LogP contribution in [0.5, 0.6) is 0 Å². The molecule has 5 heteroatoms. The average molecular weight is 301 g/mol. The highest BCUT2D eigenvalue weighted by Gasteiger charge is 2.25. The van der Waals surface area contributed by atoms with E-state index in [1.807, 2.05) is 24.3 Å². The molecule has 1 aromatic carbocycles. The van der Waals surface area contributed by atoms with Gasteiger partial charge in [0, 0.05) is 30.4 Å². The number of amides is 2. The predicted octanol–water partition coefficient (Wildman–Crippen LogP) is 2.14. The summed E-state index contributed by atoms with van der Waals surface area (Å²) in [4.78, 5) is 25.9. The third-order valence-electron chi connectivity index (χ3n) is 4.52. The summed E-state index contributed by atoms with van der Waals surface area (Å²) in [5, 5.41) is 5.52. The Labute approximate surface area is 131 Å². The molecule has 0 unspecified atom stereocenters. The maximum atomic E-state index is 11.9. The molecule has 1 aliphatic heterocycles. The van der Waals surface area contributed by atoms with Crippen molar-refractivity contribution in [2.45, 2.75) is 32.1 Å². The first-order chi connectivity index (χ1) is 10.7. The van der Waals surface area contributed by atoms with E-state index < -0.39 is 0 Å². The van der Waals surface area contributed by atoms with E-state index >= 15 is 0 Å². The number of nitrogens with zero attached hydrogens (tertiary/aromatic N) is 1. The number of hydrogen-bond donors (Lipinski definition) is 2. The lowest BCUT2D eigenvalue weighted by molar-refractivity contribution is -0.129. The summed E-state index contributed by atoms with van der Waals surface area (Å²) < 4.78 is 0. The standard InChI is InChI=1S/C17H23N3O2/c21-16(12-18-17(22)13-4-3-5-13)19-14-6-8-15(9-7-14)20-10-1-2-11-20/h6-9,13H,1-5,10-12H2,(H,18,22)(H,19,21). The van der Waals surface area contributed by atoms with Crippen molar-refractivity contribution < 1.29 is 9.59 Å². The van der Waals surface area contributed by atoms with Crippen molar-refractivity contribution in [3.05, 3.63) is 24.3 Å².